The molecule has 0 aliphatic carbocycles. The molecule has 31 heavy (non-hydrogen) atoms. The molecule has 1 unspecified atom stereocenters. The summed E-state index contributed by atoms with van der Waals surface area (Å²) in [6.07, 6.45) is 26.2. The number of rotatable bonds is 24. The Hall–Kier alpha value is 0.140. The van der Waals surface area contributed by atoms with E-state index in [4.69, 9.17) is 0 Å². The number of Topliss-reactive ketones (excluding diaryl/α,β-unsaturated/α-hetero) is 1. The molecule has 0 bridgehead atoms. The van der Waals surface area contributed by atoms with Crippen LogP contribution in [0.1, 0.15) is 155 Å². The Morgan fingerprint density at radius 1 is 0.581 bits per heavy atom. The van der Waals surface area contributed by atoms with Crippen molar-refractivity contribution >= 4 is 11.8 Å². The zero-order chi connectivity index (χ0) is 22.3. The fourth-order valence-corrected chi connectivity index (χ4v) is 4.06. The standard InChI is InChI=1S/C27H52O3.Na/c1-3-4-5-6-7-8-9-10-14-17-20-23-26(28)24-21-18-15-12-11-13-16-19-22-25(2)27(29)30;/h25H,3-24H2,1-2H3,(H,29,30);/q;+1/p-1. The molecular formula is C27H51NaO3. The third kappa shape index (κ3) is 26.3. The normalized spacial score (nSPS) is 11.8. The summed E-state index contributed by atoms with van der Waals surface area (Å²) in [7, 11) is 0. The van der Waals surface area contributed by atoms with Crippen LogP contribution in [-0.2, 0) is 9.59 Å². The molecule has 0 spiro atoms. The average molecular weight is 447 g/mol. The Bertz CT molecular complexity index is 398. The Balaban J connectivity index is 0. The van der Waals surface area contributed by atoms with Crippen LogP contribution in [0.3, 0.4) is 0 Å². The molecule has 0 saturated carbocycles. The van der Waals surface area contributed by atoms with Crippen LogP contribution >= 0.6 is 0 Å². The van der Waals surface area contributed by atoms with Crippen LogP contribution < -0.4 is 34.7 Å². The molecule has 0 heterocycles. The van der Waals surface area contributed by atoms with E-state index in [1.165, 1.54) is 96.3 Å². The fourth-order valence-electron chi connectivity index (χ4n) is 4.06. The maximum absolute atomic E-state index is 12.0. The van der Waals surface area contributed by atoms with E-state index < -0.39 is 5.97 Å². The number of hydrogen-bond donors (Lipinski definition) is 0. The number of carboxylic acids is 1. The second-order valence-corrected chi connectivity index (χ2v) is 9.41. The number of carbonyl (C=O) groups excluding carboxylic acids is 2. The Morgan fingerprint density at radius 3 is 1.26 bits per heavy atom. The van der Waals surface area contributed by atoms with E-state index in [0.29, 0.717) is 5.78 Å². The van der Waals surface area contributed by atoms with E-state index in [9.17, 15) is 14.7 Å². The van der Waals surface area contributed by atoms with Crippen molar-refractivity contribution in [3.63, 3.8) is 0 Å². The van der Waals surface area contributed by atoms with Gasteiger partial charge in [-0.1, -0.05) is 123 Å². The van der Waals surface area contributed by atoms with E-state index in [-0.39, 0.29) is 35.5 Å². The van der Waals surface area contributed by atoms with Crippen LogP contribution in [0.2, 0.25) is 0 Å². The summed E-state index contributed by atoms with van der Waals surface area (Å²) in [6, 6.07) is 0. The predicted molar refractivity (Wildman–Crippen MR) is 126 cm³/mol. The number of carboxylic acid groups (broad SMARTS) is 1. The van der Waals surface area contributed by atoms with Crippen molar-refractivity contribution in [2.24, 2.45) is 5.92 Å². The van der Waals surface area contributed by atoms with Gasteiger partial charge in [-0.15, -0.1) is 0 Å². The molecule has 0 aromatic heterocycles. The van der Waals surface area contributed by atoms with Crippen molar-refractivity contribution in [1.29, 1.82) is 0 Å². The zero-order valence-corrected chi connectivity index (χ0v) is 23.4. The van der Waals surface area contributed by atoms with Crippen molar-refractivity contribution < 1.29 is 44.3 Å². The number of carbonyl (C=O) groups is 2. The second-order valence-electron chi connectivity index (χ2n) is 9.41. The van der Waals surface area contributed by atoms with Gasteiger partial charge in [-0.3, -0.25) is 4.79 Å². The van der Waals surface area contributed by atoms with Crippen molar-refractivity contribution in [3.8, 4) is 0 Å². The molecule has 3 nitrogen and oxygen atoms in total. The first-order chi connectivity index (χ1) is 14.6. The third-order valence-electron chi connectivity index (χ3n) is 6.30. The third-order valence-corrected chi connectivity index (χ3v) is 6.30. The van der Waals surface area contributed by atoms with Gasteiger partial charge >= 0.3 is 29.6 Å². The van der Waals surface area contributed by atoms with E-state index in [0.717, 1.165) is 44.9 Å². The van der Waals surface area contributed by atoms with Crippen LogP contribution in [0.5, 0.6) is 0 Å². The summed E-state index contributed by atoms with van der Waals surface area (Å²) in [5.41, 5.74) is 0. The Labute approximate surface area is 216 Å². The first-order valence-corrected chi connectivity index (χ1v) is 13.3. The average Bonchev–Trinajstić information content (AvgIpc) is 2.73. The zero-order valence-electron chi connectivity index (χ0n) is 21.4. The summed E-state index contributed by atoms with van der Waals surface area (Å²) < 4.78 is 0. The maximum Gasteiger partial charge on any atom is 1.00 e. The van der Waals surface area contributed by atoms with Gasteiger partial charge in [-0.2, -0.15) is 0 Å². The molecule has 0 aliphatic rings. The number of hydrogen-bond acceptors (Lipinski definition) is 3. The quantitative estimate of drug-likeness (QED) is 0.161. The van der Waals surface area contributed by atoms with Crippen LogP contribution in [0.15, 0.2) is 0 Å². The van der Waals surface area contributed by atoms with Gasteiger partial charge in [0.05, 0.1) is 0 Å². The molecule has 1 atom stereocenters. The Morgan fingerprint density at radius 2 is 0.903 bits per heavy atom. The number of unbranched alkanes of at least 4 members (excludes halogenated alkanes) is 17. The van der Waals surface area contributed by atoms with Gasteiger partial charge in [0.25, 0.3) is 0 Å². The molecule has 0 N–H and O–H groups in total. The van der Waals surface area contributed by atoms with Crippen molar-refractivity contribution in [2.75, 3.05) is 0 Å². The molecule has 0 aromatic carbocycles. The van der Waals surface area contributed by atoms with Crippen LogP contribution in [0.4, 0.5) is 0 Å². The molecule has 178 valence electrons. The maximum atomic E-state index is 12.0. The topological polar surface area (TPSA) is 57.2 Å². The summed E-state index contributed by atoms with van der Waals surface area (Å²) in [4.78, 5) is 22.6. The first kappa shape index (κ1) is 33.3. The molecule has 0 aliphatic heterocycles. The van der Waals surface area contributed by atoms with E-state index in [1.807, 2.05) is 0 Å². The molecule has 0 saturated heterocycles. The smallest absolute Gasteiger partial charge is 0.550 e. The van der Waals surface area contributed by atoms with Gasteiger partial charge in [0.1, 0.15) is 5.78 Å². The van der Waals surface area contributed by atoms with Gasteiger partial charge in [0.15, 0.2) is 0 Å². The van der Waals surface area contributed by atoms with Crippen molar-refractivity contribution in [2.45, 2.75) is 155 Å². The molecule has 0 radical (unpaired) electrons. The largest absolute Gasteiger partial charge is 1.00 e. The number of aliphatic carboxylic acids is 1. The predicted octanol–water partition coefficient (Wildman–Crippen LogP) is 4.55. The molecule has 0 fully saturated rings. The summed E-state index contributed by atoms with van der Waals surface area (Å²) in [5.74, 6) is -0.770. The minimum Gasteiger partial charge on any atom is -0.550 e. The number of ketones is 1. The van der Waals surface area contributed by atoms with Crippen LogP contribution in [-0.4, -0.2) is 11.8 Å². The van der Waals surface area contributed by atoms with Gasteiger partial charge in [-0.05, 0) is 25.2 Å². The van der Waals surface area contributed by atoms with Crippen molar-refractivity contribution in [1.82, 2.24) is 0 Å². The fraction of sp³-hybridized carbons (Fsp3) is 0.926. The van der Waals surface area contributed by atoms with Crippen LogP contribution in [0, 0.1) is 5.92 Å². The molecule has 0 rings (SSSR count). The molecule has 0 amide bonds. The summed E-state index contributed by atoms with van der Waals surface area (Å²) in [6.45, 7) is 4.00. The van der Waals surface area contributed by atoms with E-state index in [1.54, 1.807) is 6.92 Å². The minimum absolute atomic E-state index is 0. The summed E-state index contributed by atoms with van der Waals surface area (Å²) >= 11 is 0. The molecular weight excluding hydrogens is 395 g/mol. The van der Waals surface area contributed by atoms with E-state index in [2.05, 4.69) is 6.92 Å². The second kappa shape index (κ2) is 26.4. The summed E-state index contributed by atoms with van der Waals surface area (Å²) in [5, 5.41) is 10.6. The Kier molecular flexibility index (Phi) is 28.4. The monoisotopic (exact) mass is 446 g/mol. The van der Waals surface area contributed by atoms with Gasteiger partial charge in [-0.25, -0.2) is 0 Å². The van der Waals surface area contributed by atoms with Gasteiger partial charge in [0.2, 0.25) is 0 Å². The minimum atomic E-state index is -0.923. The molecule has 4 heteroatoms. The van der Waals surface area contributed by atoms with Crippen LogP contribution in [0.25, 0.3) is 0 Å². The van der Waals surface area contributed by atoms with E-state index >= 15 is 0 Å². The van der Waals surface area contributed by atoms with Gasteiger partial charge in [0, 0.05) is 18.8 Å². The first-order valence-electron chi connectivity index (χ1n) is 13.3. The SMILES string of the molecule is CCCCCCCCCCCCCC(=O)CCCCCCCCCCC(C)C(=O)[O-].[Na+]. The molecule has 0 aromatic rings. The van der Waals surface area contributed by atoms with Gasteiger partial charge < -0.3 is 9.90 Å². The van der Waals surface area contributed by atoms with Crippen molar-refractivity contribution in [3.05, 3.63) is 0 Å².